The number of fused-ring (bicyclic) bond motifs is 3. The van der Waals surface area contributed by atoms with Gasteiger partial charge in [0.15, 0.2) is 5.65 Å². The van der Waals surface area contributed by atoms with E-state index >= 15 is 0 Å². The van der Waals surface area contributed by atoms with Crippen LogP contribution in [0.4, 0.5) is 5.00 Å². The van der Waals surface area contributed by atoms with Crippen molar-refractivity contribution < 1.29 is 6.22 Å². The van der Waals surface area contributed by atoms with Crippen LogP contribution in [-0.4, -0.2) is 24.9 Å². The summed E-state index contributed by atoms with van der Waals surface area (Å²) in [5, 5.41) is 11.6. The zero-order valence-corrected chi connectivity index (χ0v) is 12.8. The Bertz CT molecular complexity index is 815. The summed E-state index contributed by atoms with van der Waals surface area (Å²) in [5.41, 5.74) is 3.62. The summed E-state index contributed by atoms with van der Waals surface area (Å²) in [7, 11) is 0. The van der Waals surface area contributed by atoms with Crippen LogP contribution in [0.1, 0.15) is 29.5 Å². The van der Waals surface area contributed by atoms with Gasteiger partial charge in [0.25, 0.3) is 5.91 Å². The molecule has 6 nitrogen and oxygen atoms in total. The largest absolute Gasteiger partial charge is 0.312 e. The summed E-state index contributed by atoms with van der Waals surface area (Å²) in [4.78, 5) is 12.4. The normalized spacial score (nSPS) is 12.5. The lowest BCUT2D eigenvalue weighted by atomic mass is 10.1. The van der Waals surface area contributed by atoms with Crippen molar-refractivity contribution in [2.24, 2.45) is 0 Å². The zero-order valence-electron chi connectivity index (χ0n) is 12.0. The number of hydrogen-bond donors (Lipinski definition) is 1. The number of pyridine rings is 1. The van der Waals surface area contributed by atoms with Crippen molar-refractivity contribution in [1.29, 1.82) is 0 Å². The third-order valence-corrected chi connectivity index (χ3v) is 4.21. The van der Waals surface area contributed by atoms with Gasteiger partial charge in [-0.2, -0.15) is 4.37 Å². The first-order valence-corrected chi connectivity index (χ1v) is 7.67. The monoisotopic (exact) mass is 315 g/mol. The quantitative estimate of drug-likeness (QED) is 0.738. The van der Waals surface area contributed by atoms with Crippen LogP contribution in [0.2, 0.25) is 0 Å². The molecule has 0 fully saturated rings. The molecule has 0 atom stereocenters. The Kier molecular flexibility index (Phi) is 3.97. The first-order chi connectivity index (χ1) is 10.8. The number of carbonyl (C=O) groups is 1. The lowest BCUT2D eigenvalue weighted by Gasteiger charge is -2.08. The van der Waals surface area contributed by atoms with Crippen LogP contribution >= 0.6 is 11.5 Å². The van der Waals surface area contributed by atoms with Gasteiger partial charge in [-0.05, 0) is 48.5 Å². The summed E-state index contributed by atoms with van der Waals surface area (Å²) in [5.74, 6) is -0.165. The minimum Gasteiger partial charge on any atom is -0.312 e. The molecule has 0 aliphatic heterocycles. The van der Waals surface area contributed by atoms with Crippen molar-refractivity contribution in [3.63, 3.8) is 0 Å². The second kappa shape index (κ2) is 6.07. The number of carbonyl (C=O) groups excluding carboxylic acids is 1. The molecule has 0 unspecified atom stereocenters. The van der Waals surface area contributed by atoms with Crippen molar-refractivity contribution in [3.8, 4) is 0 Å². The molecule has 1 amide bonds. The van der Waals surface area contributed by atoms with Gasteiger partial charge < -0.3 is 5.32 Å². The van der Waals surface area contributed by atoms with Crippen LogP contribution in [-0.2, 0) is 12.8 Å². The molecule has 1 aliphatic rings. The lowest BCUT2D eigenvalue weighted by molar-refractivity contribution is 0.102. The molecule has 0 bridgehead atoms. The lowest BCUT2D eigenvalue weighted by Crippen LogP contribution is -2.14. The van der Waals surface area contributed by atoms with E-state index in [-0.39, 0.29) is 7.33 Å². The van der Waals surface area contributed by atoms with Crippen molar-refractivity contribution >= 4 is 28.1 Å². The molecule has 0 aromatic carbocycles. The predicted molar refractivity (Wildman–Crippen MR) is 88.4 cm³/mol. The van der Waals surface area contributed by atoms with Gasteiger partial charge in [0.05, 0.1) is 5.56 Å². The van der Waals surface area contributed by atoms with E-state index in [0.29, 0.717) is 11.2 Å². The fourth-order valence-corrected chi connectivity index (χ4v) is 3.16. The maximum atomic E-state index is 12.4. The molecule has 3 aromatic heterocycles. The van der Waals surface area contributed by atoms with E-state index in [1.807, 2.05) is 10.5 Å². The van der Waals surface area contributed by atoms with Gasteiger partial charge in [0.1, 0.15) is 11.3 Å². The molecule has 22 heavy (non-hydrogen) atoms. The van der Waals surface area contributed by atoms with Crippen LogP contribution in [0, 0.1) is 0 Å². The Hall–Kier alpha value is -2.54. The second-order valence-electron chi connectivity index (χ2n) is 4.74. The average Bonchev–Trinajstić information content (AvgIpc) is 3.28. The third kappa shape index (κ3) is 2.39. The highest BCUT2D eigenvalue weighted by Gasteiger charge is 2.21. The number of rotatable bonds is 2. The Labute approximate surface area is 133 Å². The number of nitrogens with zero attached hydrogens (tertiary/aromatic N) is 4. The molecule has 4 rings (SSSR count). The Morgan fingerprint density at radius 3 is 3.05 bits per heavy atom. The number of nitrogens with one attached hydrogen (secondary N) is 1. The minimum absolute atomic E-state index is 0. The number of aryl methyl sites for hydroxylation is 2. The first-order valence-electron chi connectivity index (χ1n) is 6.89. The highest BCUT2D eigenvalue weighted by atomic mass is 32.1. The highest BCUT2D eigenvalue weighted by Crippen LogP contribution is 2.26. The second-order valence-corrected chi connectivity index (χ2v) is 5.57. The van der Waals surface area contributed by atoms with E-state index in [1.54, 1.807) is 18.6 Å². The first kappa shape index (κ1) is 14.4. The van der Waals surface area contributed by atoms with E-state index in [1.165, 1.54) is 22.8 Å². The molecule has 0 radical (unpaired) electrons. The predicted octanol–water partition coefficient (Wildman–Crippen LogP) is 2.98. The average molecular weight is 315 g/mol. The van der Waals surface area contributed by atoms with E-state index in [0.717, 1.165) is 24.3 Å². The third-order valence-electron chi connectivity index (χ3n) is 3.55. The van der Waals surface area contributed by atoms with Gasteiger partial charge in [-0.1, -0.05) is 0 Å². The molecular weight excluding hydrogens is 298 g/mol. The fourth-order valence-electron chi connectivity index (χ4n) is 2.66. The topological polar surface area (TPSA) is 72.2 Å². The molecule has 114 valence electrons. The van der Waals surface area contributed by atoms with Crippen molar-refractivity contribution in [1.82, 2.24) is 19.0 Å². The number of aromatic nitrogens is 4. The Morgan fingerprint density at radius 2 is 2.27 bits per heavy atom. The molecule has 0 saturated carbocycles. The molecule has 0 saturated heterocycles. The van der Waals surface area contributed by atoms with E-state index in [2.05, 4.69) is 33.0 Å². The van der Waals surface area contributed by atoms with Crippen LogP contribution in [0.5, 0.6) is 0 Å². The van der Waals surface area contributed by atoms with Crippen molar-refractivity contribution in [2.45, 2.75) is 19.3 Å². The van der Waals surface area contributed by atoms with Crippen LogP contribution < -0.4 is 5.32 Å². The summed E-state index contributed by atoms with van der Waals surface area (Å²) in [6, 6.07) is 3.72. The van der Waals surface area contributed by atoms with E-state index in [4.69, 9.17) is 0 Å². The molecule has 1 aliphatic carbocycles. The Morgan fingerprint density at radius 1 is 1.41 bits per heavy atom. The minimum atomic E-state index is -0.165. The molecule has 1 N–H and O–H groups in total. The number of anilines is 1. The molecule has 0 spiro atoms. The number of amides is 1. The van der Waals surface area contributed by atoms with Crippen LogP contribution in [0.25, 0.3) is 5.65 Å². The number of hydrogen-bond acceptors (Lipinski definition) is 5. The van der Waals surface area contributed by atoms with E-state index < -0.39 is 0 Å². The molecule has 3 heterocycles. The zero-order chi connectivity index (χ0) is 15.5. The van der Waals surface area contributed by atoms with Gasteiger partial charge in [-0.15, -0.1) is 23.4 Å². The summed E-state index contributed by atoms with van der Waals surface area (Å²) in [6.45, 7) is 6.00. The highest BCUT2D eigenvalue weighted by molar-refractivity contribution is 7.10. The SMILES string of the molecule is C=C.O=C(Nc1ccns1)c1cc2c(n3cnnc13)CCC2.[HH]. The fraction of sp³-hybridized carbons (Fsp3) is 0.200. The summed E-state index contributed by atoms with van der Waals surface area (Å²) in [6.07, 6.45) is 6.48. The van der Waals surface area contributed by atoms with Crippen molar-refractivity contribution in [2.75, 3.05) is 5.32 Å². The molecule has 7 heteroatoms. The van der Waals surface area contributed by atoms with Crippen LogP contribution in [0.15, 0.2) is 37.8 Å². The summed E-state index contributed by atoms with van der Waals surface area (Å²) >= 11 is 1.25. The van der Waals surface area contributed by atoms with Crippen molar-refractivity contribution in [3.05, 3.63) is 54.6 Å². The van der Waals surface area contributed by atoms with Gasteiger partial charge in [0, 0.05) is 13.3 Å². The standard InChI is InChI=1S/C13H11N5OS.C2H4.H2/c19-13(16-11-4-5-15-20-11)9-6-8-2-1-3-10(8)18-7-14-17-12(9)18;1-2;/h4-7H,1-3H2,(H,16,19);1-2H2;1H. The maximum Gasteiger partial charge on any atom is 0.260 e. The van der Waals surface area contributed by atoms with Gasteiger partial charge in [-0.25, -0.2) is 0 Å². The van der Waals surface area contributed by atoms with Gasteiger partial charge in [-0.3, -0.25) is 9.20 Å². The maximum absolute atomic E-state index is 12.4. The smallest absolute Gasteiger partial charge is 0.260 e. The molecule has 3 aromatic rings. The molecular formula is C15H17N5OS. The van der Waals surface area contributed by atoms with E-state index in [9.17, 15) is 4.79 Å². The van der Waals surface area contributed by atoms with Crippen LogP contribution in [0.3, 0.4) is 0 Å². The Balaban J connectivity index is 0.000000617. The van der Waals surface area contributed by atoms with Gasteiger partial charge >= 0.3 is 0 Å². The summed E-state index contributed by atoms with van der Waals surface area (Å²) < 4.78 is 5.91. The van der Waals surface area contributed by atoms with Gasteiger partial charge in [0.2, 0.25) is 0 Å².